The fraction of sp³-hybridized carbons (Fsp3) is 0.476. The number of benzene rings is 2. The number of hydrogen-bond donors (Lipinski definition) is 3. The Bertz CT molecular complexity index is 2610. The third-order valence-corrected chi connectivity index (χ3v) is 13.2. The minimum atomic E-state index is -3.13. The quantitative estimate of drug-likeness (QED) is 0.186. The molecule has 0 bridgehead atoms. The second kappa shape index (κ2) is 14.9. The predicted octanol–water partition coefficient (Wildman–Crippen LogP) is 5.14. The van der Waals surface area contributed by atoms with Crippen LogP contribution in [0.2, 0.25) is 5.02 Å². The fourth-order valence-corrected chi connectivity index (χ4v) is 9.62. The number of piperazine rings is 1. The zero-order valence-electron chi connectivity index (χ0n) is 33.4. The molecule has 7 heterocycles. The van der Waals surface area contributed by atoms with Crippen molar-refractivity contribution in [2.75, 3.05) is 66.3 Å². The van der Waals surface area contributed by atoms with Gasteiger partial charge in [-0.25, -0.2) is 13.8 Å². The lowest BCUT2D eigenvalue weighted by Gasteiger charge is -2.44. The van der Waals surface area contributed by atoms with Crippen LogP contribution in [0, 0.1) is 5.92 Å². The average molecular weight is 842 g/mol. The van der Waals surface area contributed by atoms with Gasteiger partial charge in [0.05, 0.1) is 40.6 Å². The lowest BCUT2D eigenvalue weighted by molar-refractivity contribution is -0.134. The summed E-state index contributed by atoms with van der Waals surface area (Å²) in [5.74, 6) is -3.43. The Morgan fingerprint density at radius 2 is 1.75 bits per heavy atom. The molecule has 4 aliphatic heterocycles. The number of nitrogens with one attached hydrogen (secondary N) is 3. The number of amides is 2. The van der Waals surface area contributed by atoms with Crippen LogP contribution < -0.4 is 36.0 Å². The van der Waals surface area contributed by atoms with Crippen molar-refractivity contribution in [3.8, 4) is 5.75 Å². The largest absolute Gasteiger partial charge is 0.480 e. The number of anilines is 5. The molecular formula is C42H46ClF2N11O4. The van der Waals surface area contributed by atoms with Gasteiger partial charge in [0.2, 0.25) is 23.5 Å². The van der Waals surface area contributed by atoms with E-state index in [9.17, 15) is 14.4 Å². The summed E-state index contributed by atoms with van der Waals surface area (Å²) in [6, 6.07) is 11.0. The summed E-state index contributed by atoms with van der Waals surface area (Å²) in [7, 11) is 3.50. The van der Waals surface area contributed by atoms with E-state index in [2.05, 4.69) is 53.8 Å². The molecule has 2 amide bonds. The molecule has 60 heavy (non-hydrogen) atoms. The van der Waals surface area contributed by atoms with Gasteiger partial charge < -0.3 is 29.7 Å². The van der Waals surface area contributed by atoms with Crippen LogP contribution in [-0.2, 0) is 23.7 Å². The third kappa shape index (κ3) is 6.94. The highest BCUT2D eigenvalue weighted by Gasteiger charge is 2.51. The Balaban J connectivity index is 0.819. The van der Waals surface area contributed by atoms with Gasteiger partial charge in [-0.3, -0.25) is 29.3 Å². The highest BCUT2D eigenvalue weighted by atomic mass is 35.5. The zero-order chi connectivity index (χ0) is 41.4. The van der Waals surface area contributed by atoms with Gasteiger partial charge in [-0.15, -0.1) is 0 Å². The van der Waals surface area contributed by atoms with Crippen molar-refractivity contribution >= 4 is 74.0 Å². The molecule has 0 spiro atoms. The summed E-state index contributed by atoms with van der Waals surface area (Å²) < 4.78 is 39.1. The van der Waals surface area contributed by atoms with Gasteiger partial charge >= 0.3 is 5.92 Å². The van der Waals surface area contributed by atoms with E-state index in [-0.39, 0.29) is 29.2 Å². The van der Waals surface area contributed by atoms with Crippen LogP contribution in [0.15, 0.2) is 47.4 Å². The fourth-order valence-electron chi connectivity index (χ4n) is 9.48. The molecule has 3 saturated heterocycles. The number of carbonyl (C=O) groups is 2. The van der Waals surface area contributed by atoms with E-state index in [1.807, 2.05) is 11.7 Å². The highest BCUT2D eigenvalue weighted by Crippen LogP contribution is 2.46. The lowest BCUT2D eigenvalue weighted by atomic mass is 9.92. The number of rotatable bonds is 7. The van der Waals surface area contributed by atoms with Crippen LogP contribution in [0.5, 0.6) is 5.75 Å². The van der Waals surface area contributed by atoms with Crippen molar-refractivity contribution in [1.29, 1.82) is 0 Å². The first-order valence-corrected chi connectivity index (χ1v) is 21.1. The number of pyridine rings is 1. The summed E-state index contributed by atoms with van der Waals surface area (Å²) in [6.45, 7) is 4.13. The number of fused-ring (bicyclic) bond motifs is 4. The first-order valence-electron chi connectivity index (χ1n) is 20.7. The minimum Gasteiger partial charge on any atom is -0.480 e. The van der Waals surface area contributed by atoms with Gasteiger partial charge in [-0.05, 0) is 74.4 Å². The number of nitrogens with zero attached hydrogens (tertiary/aromatic N) is 8. The number of hydrogen-bond acceptors (Lipinski definition) is 12. The van der Waals surface area contributed by atoms with E-state index in [4.69, 9.17) is 26.4 Å². The Morgan fingerprint density at radius 1 is 0.933 bits per heavy atom. The number of piperidine rings is 2. The molecular weight excluding hydrogens is 796 g/mol. The van der Waals surface area contributed by atoms with Crippen molar-refractivity contribution in [2.45, 2.75) is 62.4 Å². The van der Waals surface area contributed by atoms with E-state index in [1.165, 1.54) is 4.57 Å². The van der Waals surface area contributed by atoms with Gasteiger partial charge in [-0.2, -0.15) is 10.1 Å². The first-order chi connectivity index (χ1) is 28.9. The van der Waals surface area contributed by atoms with Crippen molar-refractivity contribution in [1.82, 2.24) is 34.5 Å². The van der Waals surface area contributed by atoms with Crippen LogP contribution >= 0.6 is 11.6 Å². The Hall–Kier alpha value is -5.55. The summed E-state index contributed by atoms with van der Waals surface area (Å²) in [5, 5.41) is 15.4. The Morgan fingerprint density at radius 3 is 2.53 bits per heavy atom. The predicted molar refractivity (Wildman–Crippen MR) is 225 cm³/mol. The SMILES string of the molecule is Cn1nc(C2CCC(=O)NC2=O)c2ccc(N3CCCC(N4CCN(c5ncc(Cl)c(Nc6ccc7c(c6)c6c(c(=O)n7C)OCC(F)(F)[C@H](C7CC7)N6)n5)CC4)C3)cc21. The monoisotopic (exact) mass is 841 g/mol. The van der Waals surface area contributed by atoms with E-state index in [0.29, 0.717) is 70.8 Å². The molecule has 1 saturated carbocycles. The number of alkyl halides is 2. The maximum absolute atomic E-state index is 15.2. The summed E-state index contributed by atoms with van der Waals surface area (Å²) >= 11 is 6.64. The Labute approximate surface area is 349 Å². The molecule has 1 aliphatic carbocycles. The molecule has 2 aromatic carbocycles. The molecule has 5 aliphatic rings. The molecule has 18 heteroatoms. The smallest absolute Gasteiger partial charge is 0.301 e. The van der Waals surface area contributed by atoms with Gasteiger partial charge in [0.15, 0.2) is 12.4 Å². The number of ether oxygens (including phenoxy) is 1. The number of halogens is 3. The summed E-state index contributed by atoms with van der Waals surface area (Å²) in [4.78, 5) is 54.2. The van der Waals surface area contributed by atoms with Gasteiger partial charge in [0.1, 0.15) is 5.02 Å². The average Bonchev–Trinajstić information content (AvgIpc) is 4.05. The molecule has 3 N–H and O–H groups in total. The molecule has 0 radical (unpaired) electrons. The maximum Gasteiger partial charge on any atom is 0.301 e. The van der Waals surface area contributed by atoms with Crippen molar-refractivity contribution in [2.24, 2.45) is 20.0 Å². The molecule has 4 fully saturated rings. The summed E-state index contributed by atoms with van der Waals surface area (Å²) in [6.07, 6.45) is 5.92. The van der Waals surface area contributed by atoms with Crippen LogP contribution in [0.25, 0.3) is 21.8 Å². The van der Waals surface area contributed by atoms with E-state index < -0.39 is 30.0 Å². The van der Waals surface area contributed by atoms with E-state index >= 15 is 8.78 Å². The number of carbonyl (C=O) groups excluding carboxylic acids is 2. The second-order valence-electron chi connectivity index (χ2n) is 16.8. The van der Waals surface area contributed by atoms with Crippen LogP contribution in [0.3, 0.4) is 0 Å². The summed E-state index contributed by atoms with van der Waals surface area (Å²) in [5.41, 5.74) is 3.78. The third-order valence-electron chi connectivity index (χ3n) is 12.9. The second-order valence-corrected chi connectivity index (χ2v) is 17.2. The van der Waals surface area contributed by atoms with Gasteiger partial charge in [0.25, 0.3) is 5.56 Å². The Kier molecular flexibility index (Phi) is 9.57. The van der Waals surface area contributed by atoms with Crippen molar-refractivity contribution in [3.63, 3.8) is 0 Å². The molecule has 5 aromatic rings. The topological polar surface area (TPSA) is 155 Å². The molecule has 314 valence electrons. The van der Waals surface area contributed by atoms with Crippen LogP contribution in [-0.4, -0.2) is 105 Å². The molecule has 3 atom stereocenters. The zero-order valence-corrected chi connectivity index (χ0v) is 34.1. The highest BCUT2D eigenvalue weighted by molar-refractivity contribution is 6.33. The van der Waals surface area contributed by atoms with Crippen molar-refractivity contribution in [3.05, 3.63) is 63.7 Å². The molecule has 2 unspecified atom stereocenters. The maximum atomic E-state index is 15.2. The van der Waals surface area contributed by atoms with Gasteiger partial charge in [-0.1, -0.05) is 11.6 Å². The first kappa shape index (κ1) is 38.6. The minimum absolute atomic E-state index is 0.110. The van der Waals surface area contributed by atoms with E-state index in [1.54, 1.807) is 31.4 Å². The standard InChI is InChI=1S/C42H46ClF2N11O4/c1-52-31-11-7-24(18-29(31)35-36(40(52)59)60-22-42(44,45)37(49-35)23-5-6-23)47-38-30(43)20-46-41(50-38)55-16-14-54(15-17-55)26-4-3-13-56(21-26)25-8-9-27-32(19-25)53(2)51-34(27)28-10-12-33(57)48-39(28)58/h7-9,11,18-20,23,26,28,37,49H,3-6,10,12-17,21-22H2,1-2H3,(H,46,47,50)(H,48,57,58)/t26?,28?,37-/m0/s1. The number of aromatic nitrogens is 5. The normalized spacial score (nSPS) is 23.5. The molecule has 10 rings (SSSR count). The van der Waals surface area contributed by atoms with Gasteiger partial charge in [0, 0.05) is 88.0 Å². The number of aryl methyl sites for hydroxylation is 2. The van der Waals surface area contributed by atoms with Crippen molar-refractivity contribution < 1.29 is 23.1 Å². The molecule has 15 nitrogen and oxygen atoms in total. The number of imide groups is 1. The lowest BCUT2D eigenvalue weighted by Crippen LogP contribution is -2.55. The van der Waals surface area contributed by atoms with E-state index in [0.717, 1.165) is 68.7 Å². The molecule has 3 aromatic heterocycles. The van der Waals surface area contributed by atoms with Crippen LogP contribution in [0.1, 0.15) is 50.1 Å². The van der Waals surface area contributed by atoms with Crippen LogP contribution in [0.4, 0.5) is 37.6 Å².